The van der Waals surface area contributed by atoms with Crippen molar-refractivity contribution in [2.75, 3.05) is 34.0 Å². The molecule has 8 heteroatoms. The number of rotatable bonds is 6. The molecule has 0 unspecified atom stereocenters. The molecule has 2 atom stereocenters. The second kappa shape index (κ2) is 8.69. The maximum Gasteiger partial charge on any atom is 0.229 e. The number of hydrogen-bond acceptors (Lipinski definition) is 7. The zero-order chi connectivity index (χ0) is 19.4. The number of ether oxygens (including phenoxy) is 3. The van der Waals surface area contributed by atoms with E-state index in [0.717, 1.165) is 16.3 Å². The Morgan fingerprint density at radius 1 is 1.37 bits per heavy atom. The van der Waals surface area contributed by atoms with Crippen LogP contribution in [-0.2, 0) is 16.0 Å². The molecule has 0 spiro atoms. The van der Waals surface area contributed by atoms with Crippen LogP contribution in [0.2, 0.25) is 0 Å². The average molecular weight is 392 g/mol. The summed E-state index contributed by atoms with van der Waals surface area (Å²) >= 11 is 1.53. The summed E-state index contributed by atoms with van der Waals surface area (Å²) in [5, 5.41) is 12.7. The fraction of sp³-hybridized carbons (Fsp3) is 0.474. The molecule has 3 rings (SSSR count). The molecule has 1 N–H and O–H groups in total. The van der Waals surface area contributed by atoms with Crippen LogP contribution in [0.4, 0.5) is 0 Å². The first-order valence-corrected chi connectivity index (χ1v) is 9.60. The van der Waals surface area contributed by atoms with Gasteiger partial charge in [0.05, 0.1) is 50.6 Å². The second-order valence-electron chi connectivity index (χ2n) is 6.27. The average Bonchev–Trinajstić information content (AvgIpc) is 3.11. The van der Waals surface area contributed by atoms with Crippen molar-refractivity contribution in [2.45, 2.75) is 25.5 Å². The summed E-state index contributed by atoms with van der Waals surface area (Å²) in [6.45, 7) is 2.58. The van der Waals surface area contributed by atoms with Gasteiger partial charge < -0.3 is 24.2 Å². The molecule has 2 aromatic rings. The van der Waals surface area contributed by atoms with Crippen LogP contribution in [0, 0.1) is 6.92 Å². The molecule has 0 radical (unpaired) electrons. The molecule has 27 heavy (non-hydrogen) atoms. The van der Waals surface area contributed by atoms with Crippen molar-refractivity contribution in [3.05, 3.63) is 39.8 Å². The van der Waals surface area contributed by atoms with Gasteiger partial charge in [0.15, 0.2) is 11.5 Å². The van der Waals surface area contributed by atoms with Crippen molar-refractivity contribution < 1.29 is 24.1 Å². The van der Waals surface area contributed by atoms with E-state index in [4.69, 9.17) is 14.2 Å². The summed E-state index contributed by atoms with van der Waals surface area (Å²) in [6, 6.07) is 5.09. The van der Waals surface area contributed by atoms with Crippen LogP contribution in [0.3, 0.4) is 0 Å². The van der Waals surface area contributed by atoms with E-state index in [1.807, 2.05) is 24.4 Å². The molecule has 7 nitrogen and oxygen atoms in total. The SMILES string of the molecule is COc1ccc([C@@H]2[C@@H](CO)OCCN2C(=O)Cc2csc(C)n2)cc1OC. The molecular formula is C19H24N2O5S. The van der Waals surface area contributed by atoms with Gasteiger partial charge in [0.25, 0.3) is 0 Å². The van der Waals surface area contributed by atoms with Gasteiger partial charge in [0.2, 0.25) is 5.91 Å². The van der Waals surface area contributed by atoms with Crippen molar-refractivity contribution in [3.63, 3.8) is 0 Å². The molecule has 146 valence electrons. The number of amides is 1. The third kappa shape index (κ3) is 4.23. The number of carbonyl (C=O) groups is 1. The highest BCUT2D eigenvalue weighted by Gasteiger charge is 2.36. The number of aliphatic hydroxyl groups is 1. The number of nitrogens with zero attached hydrogens (tertiary/aromatic N) is 2. The molecule has 1 aromatic carbocycles. The third-order valence-electron chi connectivity index (χ3n) is 4.60. The molecule has 1 aromatic heterocycles. The molecule has 0 saturated carbocycles. The van der Waals surface area contributed by atoms with E-state index >= 15 is 0 Å². The quantitative estimate of drug-likeness (QED) is 0.810. The van der Waals surface area contributed by atoms with Crippen molar-refractivity contribution in [2.24, 2.45) is 0 Å². The van der Waals surface area contributed by atoms with Gasteiger partial charge in [0.1, 0.15) is 6.10 Å². The van der Waals surface area contributed by atoms with E-state index in [1.165, 1.54) is 11.3 Å². The number of morpholine rings is 1. The summed E-state index contributed by atoms with van der Waals surface area (Å²) in [7, 11) is 3.14. The maximum absolute atomic E-state index is 13.0. The molecule has 2 heterocycles. The Kier molecular flexibility index (Phi) is 6.30. The van der Waals surface area contributed by atoms with Gasteiger partial charge in [-0.1, -0.05) is 6.07 Å². The monoisotopic (exact) mass is 392 g/mol. The molecule has 1 aliphatic rings. The topological polar surface area (TPSA) is 81.1 Å². The molecule has 1 aliphatic heterocycles. The molecular weight excluding hydrogens is 368 g/mol. The highest BCUT2D eigenvalue weighted by atomic mass is 32.1. The largest absolute Gasteiger partial charge is 0.493 e. The van der Waals surface area contributed by atoms with Crippen LogP contribution in [0.1, 0.15) is 22.3 Å². The zero-order valence-electron chi connectivity index (χ0n) is 15.7. The predicted molar refractivity (Wildman–Crippen MR) is 101 cm³/mol. The van der Waals surface area contributed by atoms with Crippen LogP contribution in [-0.4, -0.2) is 61.0 Å². The standard InChI is InChI=1S/C19H24N2O5S/c1-12-20-14(11-27-12)9-18(23)21-6-7-26-17(10-22)19(21)13-4-5-15(24-2)16(8-13)25-3/h4-5,8,11,17,19,22H,6-7,9-10H2,1-3H3/t17-,19-/m1/s1. The lowest BCUT2D eigenvalue weighted by molar-refractivity contribution is -0.149. The zero-order valence-corrected chi connectivity index (χ0v) is 16.5. The lowest BCUT2D eigenvalue weighted by Gasteiger charge is -2.41. The lowest BCUT2D eigenvalue weighted by Crippen LogP contribution is -2.50. The van der Waals surface area contributed by atoms with Gasteiger partial charge >= 0.3 is 0 Å². The Bertz CT molecular complexity index is 794. The second-order valence-corrected chi connectivity index (χ2v) is 7.34. The summed E-state index contributed by atoms with van der Waals surface area (Å²) in [5.41, 5.74) is 1.59. The fourth-order valence-corrected chi connectivity index (χ4v) is 3.96. The first-order valence-electron chi connectivity index (χ1n) is 8.72. The minimum atomic E-state index is -0.502. The number of aromatic nitrogens is 1. The Hall–Kier alpha value is -2.16. The molecule has 0 aliphatic carbocycles. The third-order valence-corrected chi connectivity index (χ3v) is 5.42. The van der Waals surface area contributed by atoms with Crippen LogP contribution in [0.5, 0.6) is 11.5 Å². The smallest absolute Gasteiger partial charge is 0.229 e. The van der Waals surface area contributed by atoms with Gasteiger partial charge in [-0.25, -0.2) is 4.98 Å². The minimum Gasteiger partial charge on any atom is -0.493 e. The number of methoxy groups -OCH3 is 2. The van der Waals surface area contributed by atoms with Crippen molar-refractivity contribution in [3.8, 4) is 11.5 Å². The van der Waals surface area contributed by atoms with Crippen molar-refractivity contribution in [1.29, 1.82) is 0 Å². The van der Waals surface area contributed by atoms with Gasteiger partial charge in [0, 0.05) is 11.9 Å². The number of thiazole rings is 1. The highest BCUT2D eigenvalue weighted by Crippen LogP contribution is 2.36. The Balaban J connectivity index is 1.90. The van der Waals surface area contributed by atoms with Crippen molar-refractivity contribution >= 4 is 17.2 Å². The lowest BCUT2D eigenvalue weighted by atomic mass is 9.97. The van der Waals surface area contributed by atoms with Gasteiger partial charge in [-0.15, -0.1) is 11.3 Å². The van der Waals surface area contributed by atoms with E-state index in [1.54, 1.807) is 25.2 Å². The molecule has 1 fully saturated rings. The van der Waals surface area contributed by atoms with Gasteiger partial charge in [-0.2, -0.15) is 0 Å². The van der Waals surface area contributed by atoms with E-state index < -0.39 is 12.1 Å². The first kappa shape index (κ1) is 19.6. The highest BCUT2D eigenvalue weighted by molar-refractivity contribution is 7.09. The Morgan fingerprint density at radius 3 is 2.78 bits per heavy atom. The van der Waals surface area contributed by atoms with E-state index in [9.17, 15) is 9.90 Å². The summed E-state index contributed by atoms with van der Waals surface area (Å²) < 4.78 is 16.4. The normalized spacial score (nSPS) is 19.8. The Labute approximate surface area is 162 Å². The van der Waals surface area contributed by atoms with Crippen LogP contribution in [0.15, 0.2) is 23.6 Å². The summed E-state index contributed by atoms with van der Waals surface area (Å²) in [5.74, 6) is 1.14. The van der Waals surface area contributed by atoms with E-state index in [2.05, 4.69) is 4.98 Å². The predicted octanol–water partition coefficient (Wildman–Crippen LogP) is 1.97. The molecule has 1 amide bonds. The summed E-state index contributed by atoms with van der Waals surface area (Å²) in [4.78, 5) is 19.1. The fourth-order valence-electron chi connectivity index (χ4n) is 3.34. The number of hydrogen-bond donors (Lipinski definition) is 1. The molecule has 1 saturated heterocycles. The summed E-state index contributed by atoms with van der Waals surface area (Å²) in [6.07, 6.45) is -0.273. The number of benzene rings is 1. The van der Waals surface area contributed by atoms with Crippen LogP contribution >= 0.6 is 11.3 Å². The molecule has 0 bridgehead atoms. The van der Waals surface area contributed by atoms with E-state index in [0.29, 0.717) is 24.7 Å². The van der Waals surface area contributed by atoms with Gasteiger partial charge in [-0.05, 0) is 24.6 Å². The first-order chi connectivity index (χ1) is 13.1. The number of aliphatic hydroxyl groups excluding tert-OH is 1. The number of aryl methyl sites for hydroxylation is 1. The Morgan fingerprint density at radius 2 is 2.15 bits per heavy atom. The van der Waals surface area contributed by atoms with Crippen molar-refractivity contribution in [1.82, 2.24) is 9.88 Å². The van der Waals surface area contributed by atoms with Crippen LogP contribution in [0.25, 0.3) is 0 Å². The van der Waals surface area contributed by atoms with E-state index in [-0.39, 0.29) is 18.9 Å². The minimum absolute atomic E-state index is 0.0400. The number of carbonyl (C=O) groups excluding carboxylic acids is 1. The maximum atomic E-state index is 13.0. The van der Waals surface area contributed by atoms with Gasteiger partial charge in [-0.3, -0.25) is 4.79 Å². The van der Waals surface area contributed by atoms with Crippen LogP contribution < -0.4 is 9.47 Å².